The molecule has 1 aliphatic carbocycles. The van der Waals surface area contributed by atoms with E-state index in [9.17, 15) is 0 Å². The maximum Gasteiger partial charge on any atom is 0.00984 e. The molecule has 1 nitrogen and oxygen atoms in total. The first-order valence-electron chi connectivity index (χ1n) is 8.49. The number of hydrogen-bond donors (Lipinski definition) is 1. The summed E-state index contributed by atoms with van der Waals surface area (Å²) < 4.78 is 0. The predicted molar refractivity (Wildman–Crippen MR) is 88.3 cm³/mol. The van der Waals surface area contributed by atoms with E-state index in [1.807, 2.05) is 0 Å². The quantitative estimate of drug-likeness (QED) is 0.753. The van der Waals surface area contributed by atoms with Crippen molar-refractivity contribution in [3.05, 3.63) is 34.9 Å². The molecular formula is C19H31N. The van der Waals surface area contributed by atoms with Gasteiger partial charge in [0.2, 0.25) is 0 Å². The third kappa shape index (κ3) is 4.63. The second-order valence-electron chi connectivity index (χ2n) is 6.64. The van der Waals surface area contributed by atoms with Crippen LogP contribution in [0.4, 0.5) is 0 Å². The van der Waals surface area contributed by atoms with Crippen LogP contribution < -0.4 is 5.32 Å². The van der Waals surface area contributed by atoms with E-state index in [-0.39, 0.29) is 0 Å². The minimum absolute atomic E-state index is 0.735. The van der Waals surface area contributed by atoms with E-state index in [4.69, 9.17) is 0 Å². The van der Waals surface area contributed by atoms with Crippen molar-refractivity contribution < 1.29 is 0 Å². The molecule has 112 valence electrons. The van der Waals surface area contributed by atoms with Crippen LogP contribution in [0.2, 0.25) is 0 Å². The Kier molecular flexibility index (Phi) is 6.09. The molecule has 0 spiro atoms. The molecule has 2 rings (SSSR count). The van der Waals surface area contributed by atoms with Crippen LogP contribution in [0.1, 0.15) is 62.1 Å². The molecule has 1 atom stereocenters. The lowest BCUT2D eigenvalue weighted by molar-refractivity contribution is 0.341. The molecule has 0 aromatic heterocycles. The Hall–Kier alpha value is -0.820. The van der Waals surface area contributed by atoms with E-state index in [0.29, 0.717) is 0 Å². The topological polar surface area (TPSA) is 12.0 Å². The summed E-state index contributed by atoms with van der Waals surface area (Å²) in [5, 5.41) is 3.81. The molecule has 0 radical (unpaired) electrons. The van der Waals surface area contributed by atoms with E-state index in [0.717, 1.165) is 12.0 Å². The van der Waals surface area contributed by atoms with Crippen molar-refractivity contribution in [2.45, 2.75) is 71.8 Å². The fourth-order valence-electron chi connectivity index (χ4n) is 3.73. The van der Waals surface area contributed by atoms with Crippen molar-refractivity contribution in [2.75, 3.05) is 6.54 Å². The van der Waals surface area contributed by atoms with Gasteiger partial charge < -0.3 is 5.32 Å². The van der Waals surface area contributed by atoms with E-state index in [1.165, 1.54) is 68.2 Å². The molecule has 1 aliphatic rings. The Morgan fingerprint density at radius 3 is 2.35 bits per heavy atom. The van der Waals surface area contributed by atoms with Gasteiger partial charge in [-0.05, 0) is 64.0 Å². The molecule has 20 heavy (non-hydrogen) atoms. The van der Waals surface area contributed by atoms with Crippen molar-refractivity contribution in [3.63, 3.8) is 0 Å². The molecule has 0 heterocycles. The van der Waals surface area contributed by atoms with Crippen molar-refractivity contribution in [1.82, 2.24) is 5.32 Å². The Labute approximate surface area is 125 Å². The van der Waals surface area contributed by atoms with Crippen LogP contribution in [-0.2, 0) is 6.42 Å². The molecule has 0 bridgehead atoms. The molecule has 1 N–H and O–H groups in total. The second-order valence-corrected chi connectivity index (χ2v) is 6.64. The minimum Gasteiger partial charge on any atom is -0.314 e. The van der Waals surface area contributed by atoms with Gasteiger partial charge in [0, 0.05) is 6.04 Å². The molecule has 1 saturated carbocycles. The first-order valence-corrected chi connectivity index (χ1v) is 8.49. The highest BCUT2D eigenvalue weighted by atomic mass is 14.9. The van der Waals surface area contributed by atoms with E-state index < -0.39 is 0 Å². The maximum absolute atomic E-state index is 3.81. The third-order valence-corrected chi connectivity index (χ3v) is 4.65. The lowest BCUT2D eigenvalue weighted by Crippen LogP contribution is -2.36. The molecule has 0 amide bonds. The number of rotatable bonds is 7. The highest BCUT2D eigenvalue weighted by Crippen LogP contribution is 2.29. The van der Waals surface area contributed by atoms with Gasteiger partial charge in [-0.15, -0.1) is 0 Å². The van der Waals surface area contributed by atoms with Gasteiger partial charge in [0.1, 0.15) is 0 Å². The Morgan fingerprint density at radius 2 is 1.75 bits per heavy atom. The lowest BCUT2D eigenvalue weighted by Gasteiger charge is -2.25. The summed E-state index contributed by atoms with van der Waals surface area (Å²) in [6.07, 6.45) is 9.53. The molecule has 1 fully saturated rings. The van der Waals surface area contributed by atoms with Crippen LogP contribution >= 0.6 is 0 Å². The average molecular weight is 273 g/mol. The normalized spacial score (nSPS) is 17.6. The summed E-state index contributed by atoms with van der Waals surface area (Å²) in [6.45, 7) is 7.86. The average Bonchev–Trinajstić information content (AvgIpc) is 2.91. The largest absolute Gasteiger partial charge is 0.314 e. The van der Waals surface area contributed by atoms with Gasteiger partial charge in [0.05, 0.1) is 0 Å². The summed E-state index contributed by atoms with van der Waals surface area (Å²) >= 11 is 0. The maximum atomic E-state index is 3.81. The van der Waals surface area contributed by atoms with Crippen LogP contribution in [0, 0.1) is 19.8 Å². The Balaban J connectivity index is 1.92. The zero-order valence-corrected chi connectivity index (χ0v) is 13.5. The number of benzene rings is 1. The summed E-state index contributed by atoms with van der Waals surface area (Å²) in [6, 6.07) is 7.72. The van der Waals surface area contributed by atoms with E-state index in [1.54, 1.807) is 0 Å². The van der Waals surface area contributed by atoms with Crippen LogP contribution in [-0.4, -0.2) is 12.6 Å². The number of aryl methyl sites for hydroxylation is 3. The van der Waals surface area contributed by atoms with Crippen LogP contribution in [0.5, 0.6) is 0 Å². The summed E-state index contributed by atoms with van der Waals surface area (Å²) in [7, 11) is 0. The highest BCUT2D eigenvalue weighted by Gasteiger charge is 2.24. The smallest absolute Gasteiger partial charge is 0.00984 e. The van der Waals surface area contributed by atoms with E-state index in [2.05, 4.69) is 44.3 Å². The summed E-state index contributed by atoms with van der Waals surface area (Å²) in [5.41, 5.74) is 4.32. The van der Waals surface area contributed by atoms with Gasteiger partial charge in [-0.25, -0.2) is 0 Å². The van der Waals surface area contributed by atoms with Crippen LogP contribution in [0.3, 0.4) is 0 Å². The zero-order chi connectivity index (χ0) is 14.4. The van der Waals surface area contributed by atoms with E-state index >= 15 is 0 Å². The molecule has 1 aromatic carbocycles. The first-order chi connectivity index (χ1) is 9.69. The van der Waals surface area contributed by atoms with Crippen molar-refractivity contribution >= 4 is 0 Å². The fraction of sp³-hybridized carbons (Fsp3) is 0.684. The first kappa shape index (κ1) is 15.6. The number of hydrogen-bond acceptors (Lipinski definition) is 1. The van der Waals surface area contributed by atoms with Gasteiger partial charge >= 0.3 is 0 Å². The van der Waals surface area contributed by atoms with Gasteiger partial charge in [-0.2, -0.15) is 0 Å². The van der Waals surface area contributed by atoms with Gasteiger partial charge in [-0.3, -0.25) is 0 Å². The molecule has 1 unspecified atom stereocenters. The second kappa shape index (κ2) is 7.83. The molecule has 0 saturated heterocycles. The van der Waals surface area contributed by atoms with Crippen LogP contribution in [0.25, 0.3) is 0 Å². The van der Waals surface area contributed by atoms with Crippen LogP contribution in [0.15, 0.2) is 18.2 Å². The van der Waals surface area contributed by atoms with Crippen molar-refractivity contribution in [1.29, 1.82) is 0 Å². The lowest BCUT2D eigenvalue weighted by atomic mass is 9.91. The molecule has 1 heteroatoms. The molecular weight excluding hydrogens is 242 g/mol. The Morgan fingerprint density at radius 1 is 1.10 bits per heavy atom. The fourth-order valence-corrected chi connectivity index (χ4v) is 3.73. The minimum atomic E-state index is 0.735. The van der Waals surface area contributed by atoms with Gasteiger partial charge in [-0.1, -0.05) is 49.1 Å². The summed E-state index contributed by atoms with van der Waals surface area (Å²) in [4.78, 5) is 0. The van der Waals surface area contributed by atoms with Gasteiger partial charge in [0.15, 0.2) is 0 Å². The summed E-state index contributed by atoms with van der Waals surface area (Å²) in [5.74, 6) is 0.924. The van der Waals surface area contributed by atoms with Crippen molar-refractivity contribution in [2.24, 2.45) is 5.92 Å². The Bertz CT molecular complexity index is 384. The SMILES string of the molecule is CCCNC(CCc1cc(C)cc(C)c1)C1CCCC1. The molecule has 1 aromatic rings. The monoisotopic (exact) mass is 273 g/mol. The van der Waals surface area contributed by atoms with Crippen molar-refractivity contribution in [3.8, 4) is 0 Å². The zero-order valence-electron chi connectivity index (χ0n) is 13.5. The highest BCUT2D eigenvalue weighted by molar-refractivity contribution is 5.28. The molecule has 0 aliphatic heterocycles. The standard InChI is InChI=1S/C19H31N/c1-4-11-20-19(18-7-5-6-8-18)10-9-17-13-15(2)12-16(3)14-17/h12-14,18-20H,4-11H2,1-3H3. The predicted octanol–water partition coefficient (Wildman–Crippen LogP) is 4.79. The van der Waals surface area contributed by atoms with Gasteiger partial charge in [0.25, 0.3) is 0 Å². The third-order valence-electron chi connectivity index (χ3n) is 4.65. The number of nitrogens with one attached hydrogen (secondary N) is 1.